The minimum absolute atomic E-state index is 0.00109. The van der Waals surface area contributed by atoms with Gasteiger partial charge >= 0.3 is 12.3 Å². The summed E-state index contributed by atoms with van der Waals surface area (Å²) in [6.07, 6.45) is -5.40. The second-order valence-corrected chi connectivity index (χ2v) is 8.77. The van der Waals surface area contributed by atoms with Crippen LogP contribution < -0.4 is 10.2 Å². The van der Waals surface area contributed by atoms with Crippen molar-refractivity contribution in [2.24, 2.45) is 0 Å². The first-order valence-corrected chi connectivity index (χ1v) is 9.75. The highest BCUT2D eigenvalue weighted by molar-refractivity contribution is 7.80. The maximum Gasteiger partial charge on any atom is 0.417 e. The average molecular weight is 456 g/mol. The van der Waals surface area contributed by atoms with Gasteiger partial charge in [-0.25, -0.2) is 4.79 Å². The molecule has 0 atom stereocenters. The second-order valence-electron chi connectivity index (χ2n) is 8.40. The van der Waals surface area contributed by atoms with Gasteiger partial charge in [0.1, 0.15) is 11.1 Å². The van der Waals surface area contributed by atoms with Crippen LogP contribution in [0.3, 0.4) is 0 Å². The number of nitrogens with zero attached hydrogens (tertiary/aromatic N) is 3. The first-order chi connectivity index (χ1) is 14.1. The van der Waals surface area contributed by atoms with Crippen LogP contribution in [0.1, 0.15) is 45.7 Å². The number of nitrogens with one attached hydrogen (secondary N) is 1. The lowest BCUT2D eigenvalue weighted by molar-refractivity contribution is -0.137. The predicted molar refractivity (Wildman–Crippen MR) is 111 cm³/mol. The van der Waals surface area contributed by atoms with Crippen LogP contribution in [-0.2, 0) is 15.7 Å². The highest BCUT2D eigenvalue weighted by Gasteiger charge is 2.49. The molecule has 1 aliphatic rings. The molecule has 1 fully saturated rings. The third-order valence-electron chi connectivity index (χ3n) is 4.51. The lowest BCUT2D eigenvalue weighted by Crippen LogP contribution is -2.47. The first-order valence-electron chi connectivity index (χ1n) is 9.34. The summed E-state index contributed by atoms with van der Waals surface area (Å²) in [7, 11) is 0. The van der Waals surface area contributed by atoms with Gasteiger partial charge in [-0.05, 0) is 65.0 Å². The largest absolute Gasteiger partial charge is 0.444 e. The number of anilines is 1. The van der Waals surface area contributed by atoms with Crippen molar-refractivity contribution < 1.29 is 27.5 Å². The molecular weight excluding hydrogens is 433 g/mol. The summed E-state index contributed by atoms with van der Waals surface area (Å²) in [4.78, 5) is 27.3. The summed E-state index contributed by atoms with van der Waals surface area (Å²) in [6.45, 7) is 8.56. The Hall–Kier alpha value is -2.87. The van der Waals surface area contributed by atoms with Crippen molar-refractivity contribution in [3.8, 4) is 6.07 Å². The van der Waals surface area contributed by atoms with Gasteiger partial charge in [-0.3, -0.25) is 9.69 Å². The molecule has 0 bridgehead atoms. The van der Waals surface area contributed by atoms with Crippen LogP contribution in [0, 0.1) is 11.3 Å². The maximum absolute atomic E-state index is 13.3. The Morgan fingerprint density at radius 3 is 2.42 bits per heavy atom. The molecule has 1 aromatic carbocycles. The van der Waals surface area contributed by atoms with E-state index in [2.05, 4.69) is 5.32 Å². The minimum atomic E-state index is -4.77. The molecule has 2 rings (SSSR count). The Morgan fingerprint density at radius 2 is 1.90 bits per heavy atom. The third kappa shape index (κ3) is 5.25. The topological polar surface area (TPSA) is 85.7 Å². The summed E-state index contributed by atoms with van der Waals surface area (Å²) < 4.78 is 45.2. The fraction of sp³-hybridized carbons (Fsp3) is 0.500. The SMILES string of the molecule is CC(C)(C)OC(=O)NCCN1C(=S)N(c2ccc(C#N)c(C(F)(F)F)c2)C(=O)C1(C)C. The Balaban J connectivity index is 2.25. The van der Waals surface area contributed by atoms with Gasteiger partial charge in [0.25, 0.3) is 5.91 Å². The second kappa shape index (κ2) is 8.34. The Morgan fingerprint density at radius 1 is 1.29 bits per heavy atom. The van der Waals surface area contributed by atoms with Gasteiger partial charge in [0, 0.05) is 13.1 Å². The van der Waals surface area contributed by atoms with E-state index in [1.807, 2.05) is 0 Å². The van der Waals surface area contributed by atoms with E-state index < -0.39 is 40.4 Å². The average Bonchev–Trinajstić information content (AvgIpc) is 2.78. The molecule has 0 aromatic heterocycles. The number of ether oxygens (including phenoxy) is 1. The molecule has 168 valence electrons. The fourth-order valence-electron chi connectivity index (χ4n) is 3.03. The number of hydrogen-bond donors (Lipinski definition) is 1. The normalized spacial score (nSPS) is 16.4. The number of benzene rings is 1. The number of carbonyl (C=O) groups is 2. The van der Waals surface area contributed by atoms with Gasteiger partial charge in [-0.15, -0.1) is 0 Å². The van der Waals surface area contributed by atoms with E-state index in [4.69, 9.17) is 22.2 Å². The Labute approximate surface area is 183 Å². The molecule has 1 heterocycles. The van der Waals surface area contributed by atoms with Crippen LogP contribution in [0.15, 0.2) is 18.2 Å². The molecule has 11 heteroatoms. The van der Waals surface area contributed by atoms with Gasteiger partial charge < -0.3 is 15.0 Å². The van der Waals surface area contributed by atoms with Crippen LogP contribution in [0.2, 0.25) is 0 Å². The van der Waals surface area contributed by atoms with Crippen LogP contribution >= 0.6 is 12.2 Å². The Kier molecular flexibility index (Phi) is 6.56. The molecule has 0 radical (unpaired) electrons. The van der Waals surface area contributed by atoms with Crippen molar-refractivity contribution in [3.63, 3.8) is 0 Å². The van der Waals surface area contributed by atoms with E-state index in [0.717, 1.165) is 17.0 Å². The molecule has 1 aromatic rings. The van der Waals surface area contributed by atoms with Crippen molar-refractivity contribution in [1.29, 1.82) is 5.26 Å². The smallest absolute Gasteiger partial charge is 0.417 e. The van der Waals surface area contributed by atoms with Crippen LogP contribution in [0.25, 0.3) is 0 Å². The van der Waals surface area contributed by atoms with Crippen LogP contribution in [-0.4, -0.2) is 46.2 Å². The zero-order valence-corrected chi connectivity index (χ0v) is 18.6. The Bertz CT molecular complexity index is 948. The zero-order chi connectivity index (χ0) is 23.8. The van der Waals surface area contributed by atoms with Crippen molar-refractivity contribution in [1.82, 2.24) is 10.2 Å². The van der Waals surface area contributed by atoms with Gasteiger partial charge in [-0.2, -0.15) is 18.4 Å². The summed E-state index contributed by atoms with van der Waals surface area (Å²) in [5.74, 6) is -0.521. The summed E-state index contributed by atoms with van der Waals surface area (Å²) in [5, 5.41) is 11.5. The maximum atomic E-state index is 13.3. The number of amides is 2. The third-order valence-corrected chi connectivity index (χ3v) is 4.92. The molecule has 0 unspecified atom stereocenters. The highest BCUT2D eigenvalue weighted by Crippen LogP contribution is 2.37. The molecule has 0 saturated carbocycles. The highest BCUT2D eigenvalue weighted by atomic mass is 32.1. The summed E-state index contributed by atoms with van der Waals surface area (Å²) in [5.41, 5.74) is -3.61. The number of alkyl halides is 3. The van der Waals surface area contributed by atoms with Gasteiger partial charge in [-0.1, -0.05) is 0 Å². The van der Waals surface area contributed by atoms with Crippen LogP contribution in [0.5, 0.6) is 0 Å². The van der Waals surface area contributed by atoms with Gasteiger partial charge in [0.15, 0.2) is 5.11 Å². The summed E-state index contributed by atoms with van der Waals surface area (Å²) in [6, 6.07) is 4.49. The van der Waals surface area contributed by atoms with E-state index in [-0.39, 0.29) is 23.9 Å². The molecule has 1 saturated heterocycles. The molecular formula is C20H23F3N4O3S. The van der Waals surface area contributed by atoms with Gasteiger partial charge in [0.05, 0.1) is 22.9 Å². The molecule has 0 spiro atoms. The molecule has 7 nitrogen and oxygen atoms in total. The monoisotopic (exact) mass is 456 g/mol. The lowest BCUT2D eigenvalue weighted by atomic mass is 10.0. The quantitative estimate of drug-likeness (QED) is 0.694. The first kappa shape index (κ1) is 24.4. The van der Waals surface area contributed by atoms with Crippen molar-refractivity contribution >= 4 is 35.0 Å². The van der Waals surface area contributed by atoms with E-state index in [9.17, 15) is 22.8 Å². The molecule has 31 heavy (non-hydrogen) atoms. The predicted octanol–water partition coefficient (Wildman–Crippen LogP) is 3.81. The van der Waals surface area contributed by atoms with Gasteiger partial charge in [0.2, 0.25) is 0 Å². The molecule has 1 N–H and O–H groups in total. The lowest BCUT2D eigenvalue weighted by Gasteiger charge is -2.29. The zero-order valence-electron chi connectivity index (χ0n) is 17.8. The number of alkyl carbamates (subject to hydrolysis) is 1. The number of hydrogen-bond acceptors (Lipinski definition) is 5. The number of thiocarbonyl (C=S) groups is 1. The number of halogens is 3. The number of rotatable bonds is 4. The van der Waals surface area contributed by atoms with E-state index in [0.29, 0.717) is 0 Å². The van der Waals surface area contributed by atoms with Crippen molar-refractivity contribution in [2.75, 3.05) is 18.0 Å². The van der Waals surface area contributed by atoms with E-state index in [1.165, 1.54) is 17.0 Å². The fourth-order valence-corrected chi connectivity index (χ4v) is 3.53. The van der Waals surface area contributed by atoms with E-state index >= 15 is 0 Å². The number of carbonyl (C=O) groups excluding carboxylic acids is 2. The molecule has 0 aliphatic carbocycles. The molecule has 2 amide bonds. The minimum Gasteiger partial charge on any atom is -0.444 e. The number of nitriles is 1. The molecule has 1 aliphatic heterocycles. The van der Waals surface area contributed by atoms with E-state index in [1.54, 1.807) is 34.6 Å². The van der Waals surface area contributed by atoms with Crippen LogP contribution in [0.4, 0.5) is 23.7 Å². The van der Waals surface area contributed by atoms with Crippen molar-refractivity contribution in [3.05, 3.63) is 29.3 Å². The summed E-state index contributed by atoms with van der Waals surface area (Å²) >= 11 is 5.38. The van der Waals surface area contributed by atoms with Crippen molar-refractivity contribution in [2.45, 2.75) is 51.9 Å². The standard InChI is InChI=1S/C20H23F3N4O3S/c1-18(2,3)30-16(29)25-8-9-26-17(31)27(15(28)19(26,4)5)13-7-6-12(11-24)14(10-13)20(21,22)23/h6-7,10H,8-9H2,1-5H3,(H,25,29).